The molecule has 0 aliphatic rings. The van der Waals surface area contributed by atoms with Gasteiger partial charge in [0.05, 0.1) is 13.5 Å². The summed E-state index contributed by atoms with van der Waals surface area (Å²) in [6, 6.07) is -0.271. The van der Waals surface area contributed by atoms with Crippen molar-refractivity contribution < 1.29 is 9.53 Å². The summed E-state index contributed by atoms with van der Waals surface area (Å²) in [5, 5.41) is 3.41. The van der Waals surface area contributed by atoms with Crippen LogP contribution in [-0.2, 0) is 9.53 Å². The number of rotatable bonds is 4. The first-order valence-corrected chi connectivity index (χ1v) is 3.35. The second-order valence-corrected chi connectivity index (χ2v) is 2.05. The molecule has 0 aromatic heterocycles. The van der Waals surface area contributed by atoms with E-state index in [1.807, 2.05) is 6.92 Å². The van der Waals surface area contributed by atoms with Gasteiger partial charge in [0.1, 0.15) is 0 Å². The summed E-state index contributed by atoms with van der Waals surface area (Å²) < 4.78 is 4.41. The highest BCUT2D eigenvalue weighted by molar-refractivity contribution is 5.69. The fourth-order valence-corrected chi connectivity index (χ4v) is 0.616. The molecule has 0 spiro atoms. The van der Waals surface area contributed by atoms with Crippen molar-refractivity contribution in [2.24, 2.45) is 5.11 Å². The van der Waals surface area contributed by atoms with Crippen LogP contribution in [0, 0.1) is 0 Å². The number of hydrogen-bond donors (Lipinski definition) is 0. The van der Waals surface area contributed by atoms with E-state index in [0.29, 0.717) is 6.42 Å². The lowest BCUT2D eigenvalue weighted by atomic mass is 10.2. The molecule has 0 fully saturated rings. The number of ether oxygens (including phenoxy) is 1. The molecule has 0 saturated heterocycles. The second-order valence-electron chi connectivity index (χ2n) is 2.05. The molecule has 5 nitrogen and oxygen atoms in total. The normalized spacial score (nSPS) is 11.5. The molecule has 62 valence electrons. The molecule has 5 heteroatoms. The molecule has 0 aliphatic carbocycles. The van der Waals surface area contributed by atoms with Gasteiger partial charge in [0.15, 0.2) is 0 Å². The summed E-state index contributed by atoms with van der Waals surface area (Å²) in [4.78, 5) is 13.3. The van der Waals surface area contributed by atoms with Gasteiger partial charge in [-0.1, -0.05) is 12.0 Å². The predicted molar refractivity (Wildman–Crippen MR) is 39.9 cm³/mol. The molecule has 0 aromatic carbocycles. The van der Waals surface area contributed by atoms with Crippen LogP contribution in [0.25, 0.3) is 10.4 Å². The zero-order valence-electron chi connectivity index (χ0n) is 6.65. The van der Waals surface area contributed by atoms with Crippen molar-refractivity contribution >= 4 is 5.97 Å². The first kappa shape index (κ1) is 9.78. The number of nitrogens with zero attached hydrogens (tertiary/aromatic N) is 3. The largest absolute Gasteiger partial charge is 0.469 e. The highest BCUT2D eigenvalue weighted by atomic mass is 16.5. The highest BCUT2D eigenvalue weighted by Crippen LogP contribution is 2.03. The first-order chi connectivity index (χ1) is 5.24. The van der Waals surface area contributed by atoms with Crippen LogP contribution in [0.5, 0.6) is 0 Å². The van der Waals surface area contributed by atoms with Gasteiger partial charge in [0.2, 0.25) is 0 Å². The van der Waals surface area contributed by atoms with Gasteiger partial charge in [0.25, 0.3) is 0 Å². The lowest BCUT2D eigenvalue weighted by molar-refractivity contribution is -0.141. The molecule has 0 radical (unpaired) electrons. The summed E-state index contributed by atoms with van der Waals surface area (Å²) in [6.45, 7) is 1.85. The standard InChI is InChI=1S/C6H11N3O2/c1-3-5(8-9-7)4-6(10)11-2/h5H,3-4H2,1-2H3. The average Bonchev–Trinajstić information content (AvgIpc) is 2.03. The Balaban J connectivity index is 3.87. The topological polar surface area (TPSA) is 75.1 Å². The fourth-order valence-electron chi connectivity index (χ4n) is 0.616. The molecule has 0 rings (SSSR count). The minimum absolute atomic E-state index is 0.164. The Morgan fingerprint density at radius 3 is 2.82 bits per heavy atom. The number of carbonyl (C=O) groups is 1. The lowest BCUT2D eigenvalue weighted by Gasteiger charge is -2.04. The molecule has 1 atom stereocenters. The van der Waals surface area contributed by atoms with Crippen LogP contribution in [0.2, 0.25) is 0 Å². The minimum Gasteiger partial charge on any atom is -0.469 e. The number of methoxy groups -OCH3 is 1. The van der Waals surface area contributed by atoms with Crippen LogP contribution in [-0.4, -0.2) is 19.1 Å². The Labute approximate surface area is 65.0 Å². The molecule has 0 amide bonds. The van der Waals surface area contributed by atoms with Gasteiger partial charge in [-0.3, -0.25) is 4.79 Å². The quantitative estimate of drug-likeness (QED) is 0.269. The third kappa shape index (κ3) is 4.22. The molecule has 11 heavy (non-hydrogen) atoms. The maximum Gasteiger partial charge on any atom is 0.305 e. The van der Waals surface area contributed by atoms with E-state index >= 15 is 0 Å². The minimum atomic E-state index is -0.343. The Morgan fingerprint density at radius 2 is 2.45 bits per heavy atom. The zero-order chi connectivity index (χ0) is 8.69. The molecule has 0 heterocycles. The number of hydrogen-bond acceptors (Lipinski definition) is 3. The van der Waals surface area contributed by atoms with Crippen molar-refractivity contribution in [1.29, 1.82) is 0 Å². The number of carbonyl (C=O) groups excluding carboxylic acids is 1. The van der Waals surface area contributed by atoms with E-state index in [1.165, 1.54) is 7.11 Å². The van der Waals surface area contributed by atoms with Crippen LogP contribution in [0.3, 0.4) is 0 Å². The monoisotopic (exact) mass is 157 g/mol. The van der Waals surface area contributed by atoms with Gasteiger partial charge < -0.3 is 4.74 Å². The van der Waals surface area contributed by atoms with E-state index in [4.69, 9.17) is 5.53 Å². The summed E-state index contributed by atoms with van der Waals surface area (Å²) in [5.41, 5.74) is 8.06. The smallest absolute Gasteiger partial charge is 0.305 e. The summed E-state index contributed by atoms with van der Waals surface area (Å²) in [5.74, 6) is -0.343. The van der Waals surface area contributed by atoms with Gasteiger partial charge in [-0.2, -0.15) is 0 Å². The van der Waals surface area contributed by atoms with Crippen LogP contribution in [0.15, 0.2) is 5.11 Å². The molecular weight excluding hydrogens is 146 g/mol. The number of esters is 1. The molecule has 0 aromatic rings. The number of azide groups is 1. The summed E-state index contributed by atoms with van der Waals surface area (Å²) in [7, 11) is 1.31. The molecule has 0 N–H and O–H groups in total. The van der Waals surface area contributed by atoms with Crippen molar-refractivity contribution in [3.63, 3.8) is 0 Å². The van der Waals surface area contributed by atoms with Gasteiger partial charge in [-0.05, 0) is 12.0 Å². The van der Waals surface area contributed by atoms with E-state index < -0.39 is 0 Å². The van der Waals surface area contributed by atoms with Crippen LogP contribution >= 0.6 is 0 Å². The summed E-state index contributed by atoms with van der Waals surface area (Å²) >= 11 is 0. The average molecular weight is 157 g/mol. The zero-order valence-corrected chi connectivity index (χ0v) is 6.65. The van der Waals surface area contributed by atoms with E-state index in [2.05, 4.69) is 14.8 Å². The summed E-state index contributed by atoms with van der Waals surface area (Å²) in [6.07, 6.45) is 0.816. The molecule has 0 bridgehead atoms. The molecular formula is C6H11N3O2. The fraction of sp³-hybridized carbons (Fsp3) is 0.833. The van der Waals surface area contributed by atoms with Crippen molar-refractivity contribution in [1.82, 2.24) is 0 Å². The van der Waals surface area contributed by atoms with Crippen molar-refractivity contribution in [2.75, 3.05) is 7.11 Å². The van der Waals surface area contributed by atoms with E-state index in [0.717, 1.165) is 0 Å². The Kier molecular flexibility index (Phi) is 4.94. The first-order valence-electron chi connectivity index (χ1n) is 3.35. The maximum absolute atomic E-state index is 10.7. The van der Waals surface area contributed by atoms with Crippen molar-refractivity contribution in [2.45, 2.75) is 25.8 Å². The van der Waals surface area contributed by atoms with Crippen LogP contribution in [0.1, 0.15) is 19.8 Å². The molecule has 1 unspecified atom stereocenters. The highest BCUT2D eigenvalue weighted by Gasteiger charge is 2.09. The Bertz CT molecular complexity index is 175. The van der Waals surface area contributed by atoms with Crippen LogP contribution < -0.4 is 0 Å². The lowest BCUT2D eigenvalue weighted by Crippen LogP contribution is -2.11. The van der Waals surface area contributed by atoms with Gasteiger partial charge in [-0.25, -0.2) is 0 Å². The van der Waals surface area contributed by atoms with E-state index in [-0.39, 0.29) is 18.4 Å². The van der Waals surface area contributed by atoms with Crippen LogP contribution in [0.4, 0.5) is 0 Å². The third-order valence-corrected chi connectivity index (χ3v) is 1.32. The molecule has 0 aliphatic heterocycles. The molecule has 0 saturated carbocycles. The van der Waals surface area contributed by atoms with E-state index in [1.54, 1.807) is 0 Å². The van der Waals surface area contributed by atoms with E-state index in [9.17, 15) is 4.79 Å². The SMILES string of the molecule is CCC(CC(=O)OC)N=[N+]=[N-]. The van der Waals surface area contributed by atoms with Gasteiger partial charge >= 0.3 is 5.97 Å². The maximum atomic E-state index is 10.7. The van der Waals surface area contributed by atoms with Gasteiger partial charge in [-0.15, -0.1) is 0 Å². The second kappa shape index (κ2) is 5.56. The van der Waals surface area contributed by atoms with Gasteiger partial charge in [0, 0.05) is 11.0 Å². The van der Waals surface area contributed by atoms with Crippen molar-refractivity contribution in [3.8, 4) is 0 Å². The Morgan fingerprint density at radius 1 is 1.82 bits per heavy atom. The Hall–Kier alpha value is -1.22. The van der Waals surface area contributed by atoms with Crippen molar-refractivity contribution in [3.05, 3.63) is 10.4 Å². The third-order valence-electron chi connectivity index (χ3n) is 1.32. The predicted octanol–water partition coefficient (Wildman–Crippen LogP) is 1.64.